The van der Waals surface area contributed by atoms with E-state index in [9.17, 15) is 14.4 Å². The number of ether oxygens (including phenoxy) is 2. The van der Waals surface area contributed by atoms with Crippen molar-refractivity contribution in [1.29, 1.82) is 0 Å². The van der Waals surface area contributed by atoms with Crippen molar-refractivity contribution in [2.24, 2.45) is 0 Å². The maximum Gasteiger partial charge on any atom is 0.320 e. The van der Waals surface area contributed by atoms with Crippen LogP contribution in [0, 0.1) is 6.92 Å². The molecule has 6 rings (SSSR count). The smallest absolute Gasteiger partial charge is 0.320 e. The Morgan fingerprint density at radius 2 is 1.62 bits per heavy atom. The molecule has 0 atom stereocenters. The number of ketones is 2. The van der Waals surface area contributed by atoms with Gasteiger partial charge in [-0.1, -0.05) is 54.6 Å². The highest BCUT2D eigenvalue weighted by atomic mass is 16.6. The Labute approximate surface area is 245 Å². The predicted molar refractivity (Wildman–Crippen MR) is 160 cm³/mol. The van der Waals surface area contributed by atoms with E-state index < -0.39 is 11.2 Å². The molecule has 0 N–H and O–H groups in total. The van der Waals surface area contributed by atoms with Gasteiger partial charge in [0.15, 0.2) is 11.5 Å². The summed E-state index contributed by atoms with van der Waals surface area (Å²) in [4.78, 5) is 41.2. The lowest BCUT2D eigenvalue weighted by atomic mass is 9.82. The Kier molecular flexibility index (Phi) is 7.01. The number of nitrogens with zero attached hydrogens (tertiary/aromatic N) is 1. The van der Waals surface area contributed by atoms with E-state index in [-0.39, 0.29) is 36.3 Å². The number of Topliss-reactive ketones (excluding diaryl/α,β-unsaturated/α-hetero) is 1. The molecular formula is C35H35NO6. The molecule has 0 aliphatic carbocycles. The number of fused-ring (bicyclic) bond motifs is 2. The molecule has 0 radical (unpaired) electrons. The third kappa shape index (κ3) is 5.49. The second kappa shape index (κ2) is 10.6. The minimum absolute atomic E-state index is 0.0173. The Morgan fingerprint density at radius 1 is 0.952 bits per heavy atom. The summed E-state index contributed by atoms with van der Waals surface area (Å²) in [7, 11) is 0. The summed E-state index contributed by atoms with van der Waals surface area (Å²) in [5.74, 6) is 0.306. The van der Waals surface area contributed by atoms with Crippen LogP contribution in [0.1, 0.15) is 72.1 Å². The van der Waals surface area contributed by atoms with Gasteiger partial charge in [0.25, 0.3) is 0 Å². The third-order valence-electron chi connectivity index (χ3n) is 8.15. The summed E-state index contributed by atoms with van der Waals surface area (Å²) in [6, 6.07) is 21.0. The van der Waals surface area contributed by atoms with Crippen LogP contribution in [-0.2, 0) is 9.53 Å². The number of piperidine rings is 1. The first-order valence-electron chi connectivity index (χ1n) is 14.4. The molecule has 0 saturated carbocycles. The van der Waals surface area contributed by atoms with Crippen LogP contribution >= 0.6 is 0 Å². The maximum atomic E-state index is 13.5. The van der Waals surface area contributed by atoms with Gasteiger partial charge in [0.1, 0.15) is 22.5 Å². The molecule has 3 heterocycles. The van der Waals surface area contributed by atoms with Crippen LogP contribution in [0.2, 0.25) is 0 Å². The Balaban J connectivity index is 1.20. The van der Waals surface area contributed by atoms with Crippen molar-refractivity contribution in [3.63, 3.8) is 0 Å². The van der Waals surface area contributed by atoms with Gasteiger partial charge in [0.05, 0.1) is 18.5 Å². The number of aryl methyl sites for hydroxylation is 1. The van der Waals surface area contributed by atoms with E-state index >= 15 is 0 Å². The number of benzene rings is 3. The molecule has 2 aliphatic heterocycles. The monoisotopic (exact) mass is 565 g/mol. The fourth-order valence-electron chi connectivity index (χ4n) is 5.95. The predicted octanol–water partition coefficient (Wildman–Crippen LogP) is 6.78. The summed E-state index contributed by atoms with van der Waals surface area (Å²) in [5, 5.41) is 0.734. The van der Waals surface area contributed by atoms with Crippen LogP contribution in [0.3, 0.4) is 0 Å². The number of rotatable bonds is 5. The highest BCUT2D eigenvalue weighted by molar-refractivity contribution is 6.12. The Morgan fingerprint density at radius 3 is 2.29 bits per heavy atom. The molecule has 7 nitrogen and oxygen atoms in total. The van der Waals surface area contributed by atoms with Gasteiger partial charge in [0.2, 0.25) is 5.78 Å². The van der Waals surface area contributed by atoms with Crippen molar-refractivity contribution in [2.75, 3.05) is 19.6 Å². The number of furan rings is 1. The van der Waals surface area contributed by atoms with E-state index in [1.807, 2.05) is 87.2 Å². The topological polar surface area (TPSA) is 86.1 Å². The van der Waals surface area contributed by atoms with E-state index in [1.165, 1.54) is 0 Å². The van der Waals surface area contributed by atoms with Gasteiger partial charge in [0, 0.05) is 48.5 Å². The van der Waals surface area contributed by atoms with Crippen LogP contribution in [0.25, 0.3) is 22.1 Å². The molecule has 0 unspecified atom stereocenters. The number of esters is 1. The van der Waals surface area contributed by atoms with Crippen molar-refractivity contribution in [1.82, 2.24) is 4.90 Å². The van der Waals surface area contributed by atoms with Crippen molar-refractivity contribution >= 4 is 28.5 Å². The minimum atomic E-state index is -0.622. The maximum absolute atomic E-state index is 13.5. The van der Waals surface area contributed by atoms with Crippen molar-refractivity contribution < 1.29 is 28.3 Å². The summed E-state index contributed by atoms with van der Waals surface area (Å²) in [6.45, 7) is 8.89. The second-order valence-corrected chi connectivity index (χ2v) is 12.4. The molecule has 42 heavy (non-hydrogen) atoms. The first-order chi connectivity index (χ1) is 20.0. The molecule has 4 aromatic rings. The van der Waals surface area contributed by atoms with E-state index in [0.29, 0.717) is 54.0 Å². The van der Waals surface area contributed by atoms with Crippen molar-refractivity contribution in [2.45, 2.75) is 58.2 Å². The van der Waals surface area contributed by atoms with Crippen LogP contribution in [0.15, 0.2) is 71.1 Å². The molecule has 0 bridgehead atoms. The molecular weight excluding hydrogens is 530 g/mol. The van der Waals surface area contributed by atoms with Crippen LogP contribution < -0.4 is 4.74 Å². The average Bonchev–Trinajstić information content (AvgIpc) is 3.27. The number of hydrogen-bond donors (Lipinski definition) is 0. The van der Waals surface area contributed by atoms with E-state index in [0.717, 1.165) is 16.5 Å². The number of carbonyl (C=O) groups is 3. The standard InChI is InChI=1S/C35H35NO6/c1-22-26-18-27-28(37)20-35(14-16-36(17-15-35)21-31(38)42-34(2,3)4)41-30(27)19-29(26)40-33(22)32(39)25-12-10-24(11-13-25)23-8-6-5-7-9-23/h5-13,18-19H,14-17,20-21H2,1-4H3. The van der Waals surface area contributed by atoms with Gasteiger partial charge in [-0.15, -0.1) is 0 Å². The van der Waals surface area contributed by atoms with Gasteiger partial charge in [-0.3, -0.25) is 19.3 Å². The van der Waals surface area contributed by atoms with E-state index in [1.54, 1.807) is 12.1 Å². The number of carbonyl (C=O) groups excluding carboxylic acids is 3. The number of likely N-dealkylation sites (tertiary alicyclic amines) is 1. The normalized spacial score (nSPS) is 16.7. The molecule has 2 aliphatic rings. The van der Waals surface area contributed by atoms with E-state index in [4.69, 9.17) is 13.9 Å². The first-order valence-corrected chi connectivity index (χ1v) is 14.4. The fraction of sp³-hybridized carbons (Fsp3) is 0.343. The lowest BCUT2D eigenvalue weighted by molar-refractivity contribution is -0.157. The average molecular weight is 566 g/mol. The van der Waals surface area contributed by atoms with Gasteiger partial charge >= 0.3 is 5.97 Å². The summed E-state index contributed by atoms with van der Waals surface area (Å²) in [6.07, 6.45) is 1.53. The quantitative estimate of drug-likeness (QED) is 0.195. The highest BCUT2D eigenvalue weighted by Gasteiger charge is 2.43. The van der Waals surface area contributed by atoms with E-state index in [2.05, 4.69) is 0 Å². The molecule has 0 amide bonds. The fourth-order valence-corrected chi connectivity index (χ4v) is 5.95. The summed E-state index contributed by atoms with van der Waals surface area (Å²) >= 11 is 0. The Hall–Kier alpha value is -4.23. The second-order valence-electron chi connectivity index (χ2n) is 12.4. The molecule has 1 saturated heterocycles. The van der Waals surface area contributed by atoms with Crippen molar-refractivity contribution in [3.8, 4) is 16.9 Å². The third-order valence-corrected chi connectivity index (χ3v) is 8.15. The molecule has 7 heteroatoms. The van der Waals surface area contributed by atoms with Crippen LogP contribution in [0.4, 0.5) is 0 Å². The zero-order valence-corrected chi connectivity index (χ0v) is 24.5. The lowest BCUT2D eigenvalue weighted by Gasteiger charge is -2.43. The van der Waals surface area contributed by atoms with Crippen LogP contribution in [0.5, 0.6) is 5.75 Å². The molecule has 1 spiro atoms. The molecule has 216 valence electrons. The zero-order chi connectivity index (χ0) is 29.6. The van der Waals surface area contributed by atoms with Gasteiger partial charge in [-0.25, -0.2) is 0 Å². The van der Waals surface area contributed by atoms with Gasteiger partial charge in [-0.2, -0.15) is 0 Å². The largest absolute Gasteiger partial charge is 0.486 e. The molecule has 1 aromatic heterocycles. The number of hydrogen-bond acceptors (Lipinski definition) is 7. The van der Waals surface area contributed by atoms with Gasteiger partial charge < -0.3 is 13.9 Å². The van der Waals surface area contributed by atoms with Crippen molar-refractivity contribution in [3.05, 3.63) is 89.2 Å². The Bertz CT molecular complexity index is 1670. The minimum Gasteiger partial charge on any atom is -0.486 e. The highest BCUT2D eigenvalue weighted by Crippen LogP contribution is 2.42. The van der Waals surface area contributed by atoms with Crippen LogP contribution in [-0.4, -0.2) is 53.3 Å². The SMILES string of the molecule is Cc1c(C(=O)c2ccc(-c3ccccc3)cc2)oc2cc3c(cc12)C(=O)CC1(CCN(CC(=O)OC(C)(C)C)CC1)O3. The first kappa shape index (κ1) is 27.9. The summed E-state index contributed by atoms with van der Waals surface area (Å²) < 4.78 is 18.1. The molecule has 1 fully saturated rings. The molecule has 3 aromatic carbocycles. The summed E-state index contributed by atoms with van der Waals surface area (Å²) in [5.41, 5.74) is 3.23. The lowest BCUT2D eigenvalue weighted by Crippen LogP contribution is -2.52. The van der Waals surface area contributed by atoms with Gasteiger partial charge in [-0.05, 0) is 44.9 Å². The zero-order valence-electron chi connectivity index (χ0n) is 24.5.